The van der Waals surface area contributed by atoms with Crippen LogP contribution in [0.15, 0.2) is 16.6 Å². The van der Waals surface area contributed by atoms with Crippen LogP contribution in [0, 0.1) is 0 Å². The summed E-state index contributed by atoms with van der Waals surface area (Å²) in [5, 5.41) is 2.97. The Labute approximate surface area is 114 Å². The zero-order chi connectivity index (χ0) is 13.1. The van der Waals surface area contributed by atoms with Gasteiger partial charge < -0.3 is 10.1 Å². The molecule has 0 aliphatic rings. The van der Waals surface area contributed by atoms with E-state index < -0.39 is 11.7 Å². The molecule has 0 aromatic carbocycles. The summed E-state index contributed by atoms with van der Waals surface area (Å²) in [6.45, 7) is 5.70. The van der Waals surface area contributed by atoms with E-state index in [1.54, 1.807) is 32.9 Å². The van der Waals surface area contributed by atoms with Gasteiger partial charge in [0.2, 0.25) is 0 Å². The van der Waals surface area contributed by atoms with Crippen LogP contribution >= 0.6 is 27.5 Å². The lowest BCUT2D eigenvalue weighted by atomic mass is 10.2. The van der Waals surface area contributed by atoms with Crippen molar-refractivity contribution in [3.8, 4) is 0 Å². The molecular weight excluding hydrogens is 307 g/mol. The van der Waals surface area contributed by atoms with Gasteiger partial charge in [-0.2, -0.15) is 0 Å². The average Bonchev–Trinajstić information content (AvgIpc) is 2.17. The van der Waals surface area contributed by atoms with Gasteiger partial charge in [-0.05, 0) is 48.8 Å². The van der Waals surface area contributed by atoms with Gasteiger partial charge in [0.15, 0.2) is 0 Å². The lowest BCUT2D eigenvalue weighted by molar-refractivity contribution is 0.0523. The Balaban J connectivity index is 2.50. The minimum atomic E-state index is -0.505. The quantitative estimate of drug-likeness (QED) is 0.848. The highest BCUT2D eigenvalue weighted by Crippen LogP contribution is 2.19. The van der Waals surface area contributed by atoms with Crippen molar-refractivity contribution in [2.24, 2.45) is 0 Å². The van der Waals surface area contributed by atoms with Gasteiger partial charge in [-0.1, -0.05) is 11.6 Å². The van der Waals surface area contributed by atoms with Crippen LogP contribution in [0.25, 0.3) is 0 Å². The Morgan fingerprint density at radius 2 is 2.18 bits per heavy atom. The van der Waals surface area contributed by atoms with Crippen molar-refractivity contribution >= 4 is 33.6 Å². The Morgan fingerprint density at radius 1 is 1.53 bits per heavy atom. The summed E-state index contributed by atoms with van der Waals surface area (Å²) in [7, 11) is 0. The molecular formula is C11H14BrClN2O2. The smallest absolute Gasteiger partial charge is 0.407 e. The van der Waals surface area contributed by atoms with E-state index in [0.717, 1.165) is 4.47 Å². The van der Waals surface area contributed by atoms with Crippen molar-refractivity contribution < 1.29 is 9.53 Å². The molecule has 1 aromatic heterocycles. The maximum absolute atomic E-state index is 11.4. The summed E-state index contributed by atoms with van der Waals surface area (Å²) in [5.74, 6) is 0. The number of pyridine rings is 1. The zero-order valence-electron chi connectivity index (χ0n) is 9.88. The summed E-state index contributed by atoms with van der Waals surface area (Å²) in [4.78, 5) is 15.5. The number of ether oxygens (including phenoxy) is 1. The Kier molecular flexibility index (Phi) is 4.77. The van der Waals surface area contributed by atoms with Gasteiger partial charge in [0.25, 0.3) is 0 Å². The molecule has 0 saturated carbocycles. The predicted molar refractivity (Wildman–Crippen MR) is 70.0 cm³/mol. The van der Waals surface area contributed by atoms with Crippen LogP contribution in [0.5, 0.6) is 0 Å². The highest BCUT2D eigenvalue weighted by Gasteiger charge is 2.15. The molecule has 0 aliphatic carbocycles. The van der Waals surface area contributed by atoms with Crippen molar-refractivity contribution in [2.45, 2.75) is 32.9 Å². The highest BCUT2D eigenvalue weighted by atomic mass is 79.9. The minimum absolute atomic E-state index is 0.280. The second-order valence-electron chi connectivity index (χ2n) is 4.43. The number of halogens is 2. The lowest BCUT2D eigenvalue weighted by Gasteiger charge is -2.19. The number of nitrogens with one attached hydrogen (secondary N) is 1. The van der Waals surface area contributed by atoms with Gasteiger partial charge in [0, 0.05) is 0 Å². The van der Waals surface area contributed by atoms with Gasteiger partial charge in [-0.15, -0.1) is 0 Å². The minimum Gasteiger partial charge on any atom is -0.444 e. The number of carbonyl (C=O) groups excluding carboxylic acids is 1. The molecule has 0 aliphatic heterocycles. The van der Waals surface area contributed by atoms with E-state index >= 15 is 0 Å². The van der Waals surface area contributed by atoms with Crippen molar-refractivity contribution in [1.29, 1.82) is 0 Å². The third-order valence-electron chi connectivity index (χ3n) is 1.67. The van der Waals surface area contributed by atoms with Gasteiger partial charge >= 0.3 is 6.09 Å². The van der Waals surface area contributed by atoms with Crippen molar-refractivity contribution in [1.82, 2.24) is 10.3 Å². The summed E-state index contributed by atoms with van der Waals surface area (Å²) in [5.41, 5.74) is 0.165. The summed E-state index contributed by atoms with van der Waals surface area (Å²) < 4.78 is 5.82. The van der Waals surface area contributed by atoms with E-state index in [2.05, 4.69) is 26.2 Å². The zero-order valence-corrected chi connectivity index (χ0v) is 12.2. The monoisotopic (exact) mass is 320 g/mol. The third-order valence-corrected chi connectivity index (χ3v) is 2.83. The highest BCUT2D eigenvalue weighted by molar-refractivity contribution is 9.10. The molecule has 0 radical (unpaired) electrons. The first-order chi connectivity index (χ1) is 7.78. The topological polar surface area (TPSA) is 51.2 Å². The number of rotatable bonds is 2. The number of hydrogen-bond acceptors (Lipinski definition) is 3. The molecule has 4 nitrogen and oxygen atoms in total. The second-order valence-corrected chi connectivity index (χ2v) is 5.64. The molecule has 17 heavy (non-hydrogen) atoms. The summed E-state index contributed by atoms with van der Waals surface area (Å²) in [6, 6.07) is 3.55. The lowest BCUT2D eigenvalue weighted by Crippen LogP contribution is -2.32. The van der Waals surface area contributed by atoms with E-state index in [4.69, 9.17) is 16.3 Å². The normalized spacial score (nSPS) is 11.1. The molecule has 1 aromatic rings. The van der Waals surface area contributed by atoms with E-state index in [0.29, 0.717) is 10.8 Å². The fraction of sp³-hybridized carbons (Fsp3) is 0.455. The van der Waals surface area contributed by atoms with Crippen molar-refractivity contribution in [3.63, 3.8) is 0 Å². The molecule has 1 amide bonds. The molecule has 94 valence electrons. The maximum Gasteiger partial charge on any atom is 0.407 e. The number of aromatic nitrogens is 1. The van der Waals surface area contributed by atoms with E-state index in [9.17, 15) is 4.79 Å². The van der Waals surface area contributed by atoms with Crippen molar-refractivity contribution in [3.05, 3.63) is 27.5 Å². The summed E-state index contributed by atoms with van der Waals surface area (Å²) in [6.07, 6.45) is -0.474. The molecule has 0 atom stereocenters. The molecule has 0 fully saturated rings. The van der Waals surface area contributed by atoms with E-state index in [1.165, 1.54) is 0 Å². The van der Waals surface area contributed by atoms with Crippen LogP contribution in [0.3, 0.4) is 0 Å². The number of carbonyl (C=O) groups is 1. The largest absolute Gasteiger partial charge is 0.444 e. The molecule has 0 saturated heterocycles. The Bertz CT molecular complexity index is 418. The molecule has 6 heteroatoms. The predicted octanol–water partition coefficient (Wildman–Crippen LogP) is 3.52. The fourth-order valence-corrected chi connectivity index (χ4v) is 1.42. The van der Waals surface area contributed by atoms with Crippen LogP contribution in [-0.4, -0.2) is 16.7 Å². The molecule has 0 bridgehead atoms. The summed E-state index contributed by atoms with van der Waals surface area (Å²) >= 11 is 9.08. The maximum atomic E-state index is 11.4. The first kappa shape index (κ1) is 14.3. The van der Waals surface area contributed by atoms with Crippen LogP contribution < -0.4 is 5.32 Å². The average molecular weight is 322 g/mol. The van der Waals surface area contributed by atoms with Gasteiger partial charge in [0.1, 0.15) is 10.8 Å². The third kappa shape index (κ3) is 5.37. The Hall–Kier alpha value is -0.810. The molecule has 1 heterocycles. The van der Waals surface area contributed by atoms with Crippen LogP contribution in [0.2, 0.25) is 5.15 Å². The van der Waals surface area contributed by atoms with Gasteiger partial charge in [-0.25, -0.2) is 9.78 Å². The fourth-order valence-electron chi connectivity index (χ4n) is 1.03. The van der Waals surface area contributed by atoms with Crippen LogP contribution in [0.4, 0.5) is 4.79 Å². The number of nitrogens with zero attached hydrogens (tertiary/aromatic N) is 1. The SMILES string of the molecule is CC(C)(C)OC(=O)NCc1ccc(Br)c(Cl)n1. The van der Waals surface area contributed by atoms with E-state index in [1.807, 2.05) is 0 Å². The first-order valence-electron chi connectivity index (χ1n) is 5.06. The van der Waals surface area contributed by atoms with Crippen molar-refractivity contribution in [2.75, 3.05) is 0 Å². The van der Waals surface area contributed by atoms with E-state index in [-0.39, 0.29) is 6.54 Å². The number of amides is 1. The molecule has 0 spiro atoms. The molecule has 1 rings (SSSR count). The number of alkyl carbamates (subject to hydrolysis) is 1. The molecule has 0 unspecified atom stereocenters. The molecule has 1 N–H and O–H groups in total. The van der Waals surface area contributed by atoms with Gasteiger partial charge in [0.05, 0.1) is 16.7 Å². The van der Waals surface area contributed by atoms with Gasteiger partial charge in [-0.3, -0.25) is 0 Å². The standard InChI is InChI=1S/C11H14BrClN2O2/c1-11(2,3)17-10(16)14-6-7-4-5-8(12)9(13)15-7/h4-5H,6H2,1-3H3,(H,14,16). The van der Waals surface area contributed by atoms with Crippen LogP contribution in [0.1, 0.15) is 26.5 Å². The Morgan fingerprint density at radius 3 is 2.71 bits per heavy atom. The second kappa shape index (κ2) is 5.69. The van der Waals surface area contributed by atoms with Crippen LogP contribution in [-0.2, 0) is 11.3 Å². The first-order valence-corrected chi connectivity index (χ1v) is 6.23. The number of hydrogen-bond donors (Lipinski definition) is 1.